The van der Waals surface area contributed by atoms with E-state index in [1.165, 1.54) is 16.0 Å². The Hall–Kier alpha value is -1.12. The second kappa shape index (κ2) is 5.99. The van der Waals surface area contributed by atoms with Crippen LogP contribution in [0, 0.1) is 0 Å². The van der Waals surface area contributed by atoms with Crippen molar-refractivity contribution in [2.24, 2.45) is 0 Å². The molecule has 0 radical (unpaired) electrons. The highest BCUT2D eigenvalue weighted by Crippen LogP contribution is 2.14. The first kappa shape index (κ1) is 12.3. The van der Waals surface area contributed by atoms with Gasteiger partial charge in [0.05, 0.1) is 6.10 Å². The topological polar surface area (TPSA) is 20.2 Å². The third-order valence-corrected chi connectivity index (χ3v) is 3.82. The molecule has 1 unspecified atom stereocenters. The Bertz CT molecular complexity index is 430. The average molecular weight is 246 g/mol. The molecule has 1 atom stereocenters. The van der Waals surface area contributed by atoms with E-state index in [-0.39, 0.29) is 6.10 Å². The molecule has 0 aliphatic carbocycles. The third kappa shape index (κ3) is 3.69. The van der Waals surface area contributed by atoms with Gasteiger partial charge in [-0.25, -0.2) is 0 Å². The Morgan fingerprint density at radius 1 is 1.06 bits per heavy atom. The lowest BCUT2D eigenvalue weighted by Gasteiger charge is -2.09. The quantitative estimate of drug-likeness (QED) is 0.856. The number of rotatable bonds is 5. The molecule has 2 aromatic rings. The summed E-state index contributed by atoms with van der Waals surface area (Å²) in [6.45, 7) is 2.15. The highest BCUT2D eigenvalue weighted by Gasteiger charge is 2.07. The van der Waals surface area contributed by atoms with Crippen LogP contribution in [0.2, 0.25) is 0 Å². The molecular weight excluding hydrogens is 228 g/mol. The average Bonchev–Trinajstić information content (AvgIpc) is 2.82. The lowest BCUT2D eigenvalue weighted by Crippen LogP contribution is -2.13. The van der Waals surface area contributed by atoms with Crippen LogP contribution in [0.5, 0.6) is 0 Å². The molecule has 1 aromatic heterocycles. The Morgan fingerprint density at radius 3 is 2.35 bits per heavy atom. The van der Waals surface area contributed by atoms with E-state index >= 15 is 0 Å². The highest BCUT2D eigenvalue weighted by molar-refractivity contribution is 7.09. The summed E-state index contributed by atoms with van der Waals surface area (Å²) >= 11 is 1.71. The minimum absolute atomic E-state index is 0.277. The normalized spacial score (nSPS) is 12.6. The fourth-order valence-corrected chi connectivity index (χ4v) is 2.69. The zero-order valence-electron chi connectivity index (χ0n) is 10.1. The maximum absolute atomic E-state index is 10.0. The van der Waals surface area contributed by atoms with E-state index in [1.807, 2.05) is 6.07 Å². The van der Waals surface area contributed by atoms with Crippen molar-refractivity contribution < 1.29 is 5.11 Å². The van der Waals surface area contributed by atoms with Crippen molar-refractivity contribution in [1.82, 2.24) is 0 Å². The summed E-state index contributed by atoms with van der Waals surface area (Å²) in [4.78, 5) is 1.25. The molecule has 0 spiro atoms. The van der Waals surface area contributed by atoms with Crippen molar-refractivity contribution in [1.29, 1.82) is 0 Å². The van der Waals surface area contributed by atoms with Crippen molar-refractivity contribution in [3.63, 3.8) is 0 Å². The summed E-state index contributed by atoms with van der Waals surface area (Å²) in [6.07, 6.45) is 2.29. The van der Waals surface area contributed by atoms with E-state index in [2.05, 4.69) is 42.6 Å². The zero-order chi connectivity index (χ0) is 12.1. The number of aliphatic hydroxyl groups excluding tert-OH is 1. The molecule has 0 aliphatic rings. The van der Waals surface area contributed by atoms with E-state index in [9.17, 15) is 5.11 Å². The van der Waals surface area contributed by atoms with Crippen molar-refractivity contribution >= 4 is 11.3 Å². The molecule has 1 heterocycles. The maximum Gasteiger partial charge on any atom is 0.0628 e. The standard InChI is InChI=1S/C15H18OS/c1-2-12-5-7-13(8-6-12)10-14(16)11-15-4-3-9-17-15/h3-9,14,16H,2,10-11H2,1H3. The van der Waals surface area contributed by atoms with Gasteiger partial charge >= 0.3 is 0 Å². The monoisotopic (exact) mass is 246 g/mol. The van der Waals surface area contributed by atoms with Gasteiger partial charge in [0, 0.05) is 11.3 Å². The molecule has 2 rings (SSSR count). The Morgan fingerprint density at radius 2 is 1.76 bits per heavy atom. The van der Waals surface area contributed by atoms with E-state index in [1.54, 1.807) is 11.3 Å². The minimum atomic E-state index is -0.277. The highest BCUT2D eigenvalue weighted by atomic mass is 32.1. The first-order chi connectivity index (χ1) is 8.28. The minimum Gasteiger partial charge on any atom is -0.392 e. The van der Waals surface area contributed by atoms with Gasteiger partial charge in [-0.3, -0.25) is 0 Å². The Balaban J connectivity index is 1.91. The van der Waals surface area contributed by atoms with Crippen LogP contribution in [-0.2, 0) is 19.3 Å². The van der Waals surface area contributed by atoms with Crippen LogP contribution in [0.4, 0.5) is 0 Å². The summed E-state index contributed by atoms with van der Waals surface area (Å²) < 4.78 is 0. The lowest BCUT2D eigenvalue weighted by molar-refractivity contribution is 0.176. The molecule has 1 nitrogen and oxygen atoms in total. The first-order valence-corrected chi connectivity index (χ1v) is 6.94. The van der Waals surface area contributed by atoms with Crippen LogP contribution in [0.25, 0.3) is 0 Å². The maximum atomic E-state index is 10.0. The fourth-order valence-electron chi connectivity index (χ4n) is 1.92. The molecular formula is C15H18OS. The van der Waals surface area contributed by atoms with Gasteiger partial charge in [0.25, 0.3) is 0 Å². The number of aliphatic hydroxyl groups is 1. The predicted octanol–water partition coefficient (Wildman–Crippen LogP) is 3.46. The summed E-state index contributed by atoms with van der Waals surface area (Å²) in [7, 11) is 0. The molecule has 17 heavy (non-hydrogen) atoms. The van der Waals surface area contributed by atoms with Crippen LogP contribution in [-0.4, -0.2) is 11.2 Å². The second-order valence-corrected chi connectivity index (χ2v) is 5.34. The SMILES string of the molecule is CCc1ccc(CC(O)Cc2cccs2)cc1. The number of thiophene rings is 1. The van der Waals surface area contributed by atoms with Gasteiger partial charge in [-0.1, -0.05) is 37.3 Å². The molecule has 2 heteroatoms. The molecule has 0 aliphatic heterocycles. The van der Waals surface area contributed by atoms with Crippen LogP contribution in [0.15, 0.2) is 41.8 Å². The molecule has 1 aromatic carbocycles. The number of hydrogen-bond donors (Lipinski definition) is 1. The van der Waals surface area contributed by atoms with Crippen molar-refractivity contribution in [2.75, 3.05) is 0 Å². The van der Waals surface area contributed by atoms with Crippen LogP contribution >= 0.6 is 11.3 Å². The molecule has 1 N–H and O–H groups in total. The second-order valence-electron chi connectivity index (χ2n) is 4.31. The molecule has 90 valence electrons. The fraction of sp³-hybridized carbons (Fsp3) is 0.333. The van der Waals surface area contributed by atoms with Gasteiger partial charge in [-0.15, -0.1) is 11.3 Å². The zero-order valence-corrected chi connectivity index (χ0v) is 10.9. The molecule has 0 amide bonds. The van der Waals surface area contributed by atoms with Crippen LogP contribution in [0.1, 0.15) is 22.9 Å². The Labute approximate surface area is 107 Å². The van der Waals surface area contributed by atoms with Gasteiger partial charge in [-0.05, 0) is 35.4 Å². The van der Waals surface area contributed by atoms with E-state index in [0.29, 0.717) is 0 Å². The summed E-state index contributed by atoms with van der Waals surface area (Å²) in [5, 5.41) is 12.1. The van der Waals surface area contributed by atoms with Gasteiger partial charge < -0.3 is 5.11 Å². The lowest BCUT2D eigenvalue weighted by atomic mass is 10.0. The van der Waals surface area contributed by atoms with E-state index in [0.717, 1.165) is 19.3 Å². The van der Waals surface area contributed by atoms with Gasteiger partial charge in [0.2, 0.25) is 0 Å². The molecule has 0 saturated heterocycles. The molecule has 0 saturated carbocycles. The largest absolute Gasteiger partial charge is 0.392 e. The Kier molecular flexibility index (Phi) is 4.35. The number of hydrogen-bond acceptors (Lipinski definition) is 2. The first-order valence-electron chi connectivity index (χ1n) is 6.06. The van der Waals surface area contributed by atoms with Crippen molar-refractivity contribution in [3.8, 4) is 0 Å². The summed E-state index contributed by atoms with van der Waals surface area (Å²) in [5.41, 5.74) is 2.56. The molecule has 0 bridgehead atoms. The number of aryl methyl sites for hydroxylation is 1. The van der Waals surface area contributed by atoms with Gasteiger partial charge in [0.1, 0.15) is 0 Å². The van der Waals surface area contributed by atoms with Crippen LogP contribution in [0.3, 0.4) is 0 Å². The third-order valence-electron chi connectivity index (χ3n) is 2.92. The van der Waals surface area contributed by atoms with E-state index < -0.39 is 0 Å². The summed E-state index contributed by atoms with van der Waals surface area (Å²) in [6, 6.07) is 12.6. The predicted molar refractivity (Wildman–Crippen MR) is 73.6 cm³/mol. The van der Waals surface area contributed by atoms with Crippen molar-refractivity contribution in [3.05, 3.63) is 57.8 Å². The summed E-state index contributed by atoms with van der Waals surface area (Å²) in [5.74, 6) is 0. The van der Waals surface area contributed by atoms with E-state index in [4.69, 9.17) is 0 Å². The van der Waals surface area contributed by atoms with Crippen LogP contribution < -0.4 is 0 Å². The van der Waals surface area contributed by atoms with Crippen molar-refractivity contribution in [2.45, 2.75) is 32.3 Å². The number of benzene rings is 1. The smallest absolute Gasteiger partial charge is 0.0628 e. The molecule has 0 fully saturated rings. The van der Waals surface area contributed by atoms with Gasteiger partial charge in [-0.2, -0.15) is 0 Å². The van der Waals surface area contributed by atoms with Gasteiger partial charge in [0.15, 0.2) is 0 Å².